The predicted octanol–water partition coefficient (Wildman–Crippen LogP) is 4.65. The molecule has 0 aliphatic rings. The van der Waals surface area contributed by atoms with Gasteiger partial charge in [-0.15, -0.1) is 0 Å². The van der Waals surface area contributed by atoms with E-state index in [0.717, 1.165) is 35.3 Å². The van der Waals surface area contributed by atoms with Crippen molar-refractivity contribution in [1.82, 2.24) is 5.32 Å². The second-order valence-corrected chi connectivity index (χ2v) is 5.44. The Bertz CT molecular complexity index is 368. The van der Waals surface area contributed by atoms with Crippen LogP contribution in [0.5, 0.6) is 5.75 Å². The minimum absolute atomic E-state index is 0.760. The van der Waals surface area contributed by atoms with Crippen LogP contribution in [0.25, 0.3) is 0 Å². The quantitative estimate of drug-likeness (QED) is 0.712. The maximum atomic E-state index is 6.03. The third-order valence-electron chi connectivity index (χ3n) is 3.53. The first-order valence-corrected chi connectivity index (χ1v) is 7.62. The number of rotatable bonds is 9. The fraction of sp³-hybridized carbons (Fsp3) is 0.625. The highest BCUT2D eigenvalue weighted by molar-refractivity contribution is 6.30. The molecule has 19 heavy (non-hydrogen) atoms. The van der Waals surface area contributed by atoms with Gasteiger partial charge in [-0.05, 0) is 37.1 Å². The number of hydrogen-bond donors (Lipinski definition) is 1. The van der Waals surface area contributed by atoms with Crippen LogP contribution in [0.3, 0.4) is 0 Å². The van der Waals surface area contributed by atoms with Gasteiger partial charge in [0.05, 0.1) is 7.11 Å². The molecular weight excluding hydrogens is 258 g/mol. The van der Waals surface area contributed by atoms with Crippen molar-refractivity contribution in [2.45, 2.75) is 46.1 Å². The molecule has 0 saturated carbocycles. The average Bonchev–Trinajstić information content (AvgIpc) is 2.43. The summed E-state index contributed by atoms with van der Waals surface area (Å²) in [4.78, 5) is 0. The number of unbranched alkanes of at least 4 members (excludes halogenated alkanes) is 1. The molecule has 0 saturated heterocycles. The molecule has 1 atom stereocenters. The smallest absolute Gasteiger partial charge is 0.123 e. The minimum atomic E-state index is 0.760. The maximum absolute atomic E-state index is 6.03. The highest BCUT2D eigenvalue weighted by Crippen LogP contribution is 2.22. The predicted molar refractivity (Wildman–Crippen MR) is 83.0 cm³/mol. The van der Waals surface area contributed by atoms with Gasteiger partial charge in [0.25, 0.3) is 0 Å². The average molecular weight is 284 g/mol. The van der Waals surface area contributed by atoms with E-state index < -0.39 is 0 Å². The van der Waals surface area contributed by atoms with Crippen LogP contribution in [0.15, 0.2) is 18.2 Å². The molecule has 0 amide bonds. The van der Waals surface area contributed by atoms with Crippen molar-refractivity contribution in [3.05, 3.63) is 28.8 Å². The van der Waals surface area contributed by atoms with Crippen molar-refractivity contribution in [1.29, 1.82) is 0 Å². The molecule has 108 valence electrons. The van der Waals surface area contributed by atoms with E-state index in [1.165, 1.54) is 25.7 Å². The summed E-state index contributed by atoms with van der Waals surface area (Å²) < 4.78 is 5.35. The molecule has 1 N–H and O–H groups in total. The van der Waals surface area contributed by atoms with Gasteiger partial charge in [0, 0.05) is 17.1 Å². The molecule has 0 aromatic heterocycles. The highest BCUT2D eigenvalue weighted by atomic mass is 35.5. The lowest BCUT2D eigenvalue weighted by atomic mass is 9.99. The maximum Gasteiger partial charge on any atom is 0.123 e. The van der Waals surface area contributed by atoms with Gasteiger partial charge in [0.15, 0.2) is 0 Å². The van der Waals surface area contributed by atoms with Gasteiger partial charge in [-0.1, -0.05) is 44.7 Å². The fourth-order valence-corrected chi connectivity index (χ4v) is 2.43. The summed E-state index contributed by atoms with van der Waals surface area (Å²) in [6.07, 6.45) is 5.14. The van der Waals surface area contributed by atoms with E-state index in [-0.39, 0.29) is 0 Å². The lowest BCUT2D eigenvalue weighted by molar-refractivity contribution is 0.398. The molecule has 2 nitrogen and oxygen atoms in total. The highest BCUT2D eigenvalue weighted by Gasteiger charge is 2.07. The van der Waals surface area contributed by atoms with Crippen molar-refractivity contribution in [2.75, 3.05) is 13.7 Å². The number of ether oxygens (including phenoxy) is 1. The second kappa shape index (κ2) is 9.22. The van der Waals surface area contributed by atoms with E-state index in [9.17, 15) is 0 Å². The van der Waals surface area contributed by atoms with Gasteiger partial charge >= 0.3 is 0 Å². The Morgan fingerprint density at radius 3 is 2.74 bits per heavy atom. The number of methoxy groups -OCH3 is 1. The Kier molecular flexibility index (Phi) is 7.92. The molecule has 1 unspecified atom stereocenters. The van der Waals surface area contributed by atoms with Gasteiger partial charge < -0.3 is 10.1 Å². The molecular formula is C16H26ClNO. The first-order chi connectivity index (χ1) is 9.21. The summed E-state index contributed by atoms with van der Waals surface area (Å²) in [5.41, 5.74) is 1.13. The van der Waals surface area contributed by atoms with E-state index in [1.807, 2.05) is 18.2 Å². The van der Waals surface area contributed by atoms with Gasteiger partial charge in [-0.3, -0.25) is 0 Å². The van der Waals surface area contributed by atoms with Crippen molar-refractivity contribution >= 4 is 11.6 Å². The van der Waals surface area contributed by atoms with E-state index in [4.69, 9.17) is 16.3 Å². The minimum Gasteiger partial charge on any atom is -0.496 e. The zero-order valence-corrected chi connectivity index (χ0v) is 13.1. The molecule has 3 heteroatoms. The molecule has 0 heterocycles. The molecule has 1 aromatic rings. The van der Waals surface area contributed by atoms with E-state index >= 15 is 0 Å². The standard InChI is InChI=1S/C16H26ClNO/c1-4-6-7-13(5-2)11-18-12-14-10-15(17)8-9-16(14)19-3/h8-10,13,18H,4-7,11-12H2,1-3H3. The van der Waals surface area contributed by atoms with Crippen LogP contribution in [-0.4, -0.2) is 13.7 Å². The summed E-state index contributed by atoms with van der Waals surface area (Å²) in [5.74, 6) is 1.67. The Balaban J connectivity index is 2.45. The zero-order chi connectivity index (χ0) is 14.1. The summed E-state index contributed by atoms with van der Waals surface area (Å²) in [7, 11) is 1.70. The largest absolute Gasteiger partial charge is 0.496 e. The molecule has 1 rings (SSSR count). The molecule has 0 aliphatic heterocycles. The second-order valence-electron chi connectivity index (χ2n) is 5.00. The summed E-state index contributed by atoms with van der Waals surface area (Å²) in [5, 5.41) is 4.28. The summed E-state index contributed by atoms with van der Waals surface area (Å²) in [6, 6.07) is 5.76. The van der Waals surface area contributed by atoms with Crippen molar-refractivity contribution in [2.24, 2.45) is 5.92 Å². The Morgan fingerprint density at radius 2 is 2.11 bits per heavy atom. The molecule has 0 radical (unpaired) electrons. The van der Waals surface area contributed by atoms with Gasteiger partial charge in [-0.2, -0.15) is 0 Å². The zero-order valence-electron chi connectivity index (χ0n) is 12.3. The number of hydrogen-bond acceptors (Lipinski definition) is 2. The van der Waals surface area contributed by atoms with Crippen LogP contribution in [-0.2, 0) is 6.54 Å². The number of benzene rings is 1. The first kappa shape index (κ1) is 16.3. The van der Waals surface area contributed by atoms with E-state index in [0.29, 0.717) is 0 Å². The fourth-order valence-electron chi connectivity index (χ4n) is 2.24. The van der Waals surface area contributed by atoms with Crippen molar-refractivity contribution < 1.29 is 4.74 Å². The van der Waals surface area contributed by atoms with Crippen LogP contribution in [0.2, 0.25) is 5.02 Å². The summed E-state index contributed by atoms with van der Waals surface area (Å²) >= 11 is 6.03. The molecule has 1 aromatic carbocycles. The van der Waals surface area contributed by atoms with Crippen LogP contribution in [0.4, 0.5) is 0 Å². The van der Waals surface area contributed by atoms with Crippen LogP contribution < -0.4 is 10.1 Å². The summed E-state index contributed by atoms with van der Waals surface area (Å²) in [6.45, 7) is 6.39. The molecule has 0 fully saturated rings. The lowest BCUT2D eigenvalue weighted by Crippen LogP contribution is -2.22. The Morgan fingerprint density at radius 1 is 1.32 bits per heavy atom. The van der Waals surface area contributed by atoms with Gasteiger partial charge in [-0.25, -0.2) is 0 Å². The molecule has 0 spiro atoms. The topological polar surface area (TPSA) is 21.3 Å². The monoisotopic (exact) mass is 283 g/mol. The molecule has 0 aliphatic carbocycles. The van der Waals surface area contributed by atoms with Crippen LogP contribution in [0.1, 0.15) is 45.1 Å². The van der Waals surface area contributed by atoms with Gasteiger partial charge in [0.2, 0.25) is 0 Å². The normalized spacial score (nSPS) is 12.4. The first-order valence-electron chi connectivity index (χ1n) is 7.24. The number of nitrogens with one attached hydrogen (secondary N) is 1. The van der Waals surface area contributed by atoms with Crippen LogP contribution >= 0.6 is 11.6 Å². The lowest BCUT2D eigenvalue weighted by Gasteiger charge is -2.16. The Labute approximate surface area is 122 Å². The molecule has 0 bridgehead atoms. The van der Waals surface area contributed by atoms with E-state index in [1.54, 1.807) is 7.11 Å². The van der Waals surface area contributed by atoms with Gasteiger partial charge in [0.1, 0.15) is 5.75 Å². The SMILES string of the molecule is CCCCC(CC)CNCc1cc(Cl)ccc1OC. The van der Waals surface area contributed by atoms with Crippen molar-refractivity contribution in [3.8, 4) is 5.75 Å². The van der Waals surface area contributed by atoms with Crippen molar-refractivity contribution in [3.63, 3.8) is 0 Å². The third-order valence-corrected chi connectivity index (χ3v) is 3.77. The third kappa shape index (κ3) is 5.84. The Hall–Kier alpha value is -0.730. The number of halogens is 1. The van der Waals surface area contributed by atoms with Crippen LogP contribution in [0, 0.1) is 5.92 Å². The van der Waals surface area contributed by atoms with E-state index in [2.05, 4.69) is 19.2 Å².